The lowest BCUT2D eigenvalue weighted by atomic mass is 9.99. The molecule has 2 aliphatic heterocycles. The van der Waals surface area contributed by atoms with Crippen LogP contribution in [0.15, 0.2) is 58.3 Å². The quantitative estimate of drug-likeness (QED) is 0.502. The van der Waals surface area contributed by atoms with Crippen molar-refractivity contribution >= 4 is 41.6 Å². The van der Waals surface area contributed by atoms with E-state index in [4.69, 9.17) is 4.98 Å². The lowest BCUT2D eigenvalue weighted by molar-refractivity contribution is 0.281. The average molecular weight is 520 g/mol. The highest BCUT2D eigenvalue weighted by atomic mass is 32.2. The summed E-state index contributed by atoms with van der Waals surface area (Å²) in [5.74, 6) is 0.581. The molecule has 0 bridgehead atoms. The third kappa shape index (κ3) is 4.54. The molecule has 0 aliphatic carbocycles. The summed E-state index contributed by atoms with van der Waals surface area (Å²) in [5.41, 5.74) is 0.992. The lowest BCUT2D eigenvalue weighted by Gasteiger charge is -2.31. The molecular formula is C24H29N3O4S3. The van der Waals surface area contributed by atoms with Gasteiger partial charge in [-0.2, -0.15) is 8.61 Å². The first kappa shape index (κ1) is 23.9. The van der Waals surface area contributed by atoms with Gasteiger partial charge in [-0.05, 0) is 68.0 Å². The molecule has 2 fully saturated rings. The number of para-hydroxylation sites is 1. The topological polar surface area (TPSA) is 87.7 Å². The Morgan fingerprint density at radius 3 is 2.06 bits per heavy atom. The SMILES string of the molecule is C[C@H]1CCCN(S(=O)(=O)c2ccc(S(=O)(=O)N3CCC(c4nc5ccccc5s4)CC3)cc2)C1. The van der Waals surface area contributed by atoms with Gasteiger partial charge in [0, 0.05) is 32.1 Å². The fourth-order valence-corrected chi connectivity index (χ4v) is 9.06. The van der Waals surface area contributed by atoms with Crippen LogP contribution in [-0.2, 0) is 20.0 Å². The monoisotopic (exact) mass is 519 g/mol. The first-order valence-electron chi connectivity index (χ1n) is 11.7. The van der Waals surface area contributed by atoms with Gasteiger partial charge in [0.05, 0.1) is 25.0 Å². The number of fused-ring (bicyclic) bond motifs is 1. The molecule has 2 aliphatic rings. The van der Waals surface area contributed by atoms with E-state index >= 15 is 0 Å². The zero-order valence-electron chi connectivity index (χ0n) is 19.1. The minimum Gasteiger partial charge on any atom is -0.241 e. The van der Waals surface area contributed by atoms with Crippen LogP contribution >= 0.6 is 11.3 Å². The Kier molecular flexibility index (Phi) is 6.54. The van der Waals surface area contributed by atoms with E-state index in [9.17, 15) is 16.8 Å². The third-order valence-corrected chi connectivity index (χ3v) is 11.8. The second-order valence-electron chi connectivity index (χ2n) is 9.28. The second kappa shape index (κ2) is 9.31. The van der Waals surface area contributed by atoms with Crippen molar-refractivity contribution in [1.82, 2.24) is 13.6 Å². The van der Waals surface area contributed by atoms with Crippen LogP contribution in [0.2, 0.25) is 0 Å². The molecule has 0 radical (unpaired) electrons. The number of rotatable bonds is 5. The van der Waals surface area contributed by atoms with Crippen molar-refractivity contribution in [2.75, 3.05) is 26.2 Å². The Morgan fingerprint density at radius 1 is 0.824 bits per heavy atom. The molecule has 2 saturated heterocycles. The van der Waals surface area contributed by atoms with E-state index < -0.39 is 20.0 Å². The third-order valence-electron chi connectivity index (χ3n) is 6.83. The van der Waals surface area contributed by atoms with Crippen molar-refractivity contribution < 1.29 is 16.8 Å². The minimum atomic E-state index is -3.68. The van der Waals surface area contributed by atoms with Gasteiger partial charge in [-0.1, -0.05) is 19.1 Å². The van der Waals surface area contributed by atoms with Crippen LogP contribution in [-0.4, -0.2) is 56.6 Å². The summed E-state index contributed by atoms with van der Waals surface area (Å²) < 4.78 is 56.6. The minimum absolute atomic E-state index is 0.136. The van der Waals surface area contributed by atoms with Crippen molar-refractivity contribution in [2.24, 2.45) is 5.92 Å². The molecule has 3 heterocycles. The molecule has 0 amide bonds. The van der Waals surface area contributed by atoms with Gasteiger partial charge in [-0.15, -0.1) is 11.3 Å². The van der Waals surface area contributed by atoms with Gasteiger partial charge >= 0.3 is 0 Å². The maximum atomic E-state index is 13.2. The smallest absolute Gasteiger partial charge is 0.241 e. The first-order chi connectivity index (χ1) is 16.2. The summed E-state index contributed by atoms with van der Waals surface area (Å²) in [6, 6.07) is 13.7. The van der Waals surface area contributed by atoms with E-state index in [0.29, 0.717) is 32.1 Å². The highest BCUT2D eigenvalue weighted by Crippen LogP contribution is 2.35. The van der Waals surface area contributed by atoms with E-state index in [1.165, 1.54) is 32.9 Å². The van der Waals surface area contributed by atoms with Gasteiger partial charge in [0.25, 0.3) is 0 Å². The molecule has 0 unspecified atom stereocenters. The lowest BCUT2D eigenvalue weighted by Crippen LogP contribution is -2.39. The number of piperidine rings is 2. The van der Waals surface area contributed by atoms with E-state index in [-0.39, 0.29) is 15.7 Å². The first-order valence-corrected chi connectivity index (χ1v) is 15.4. The van der Waals surface area contributed by atoms with E-state index in [1.807, 2.05) is 18.2 Å². The van der Waals surface area contributed by atoms with Gasteiger partial charge in [-0.25, -0.2) is 21.8 Å². The van der Waals surface area contributed by atoms with Gasteiger partial charge in [0.15, 0.2) is 0 Å². The summed E-state index contributed by atoms with van der Waals surface area (Å²) in [7, 11) is -7.29. The van der Waals surface area contributed by atoms with Crippen LogP contribution in [0.4, 0.5) is 0 Å². The molecular weight excluding hydrogens is 490 g/mol. The number of sulfonamides is 2. The molecule has 0 saturated carbocycles. The molecule has 7 nitrogen and oxygen atoms in total. The number of nitrogens with zero attached hydrogens (tertiary/aromatic N) is 3. The second-order valence-corrected chi connectivity index (χ2v) is 14.2. The van der Waals surface area contributed by atoms with E-state index in [1.54, 1.807) is 11.3 Å². The number of hydrogen-bond donors (Lipinski definition) is 0. The molecule has 34 heavy (non-hydrogen) atoms. The molecule has 10 heteroatoms. The molecule has 0 N–H and O–H groups in total. The van der Waals surface area contributed by atoms with Gasteiger partial charge in [0.2, 0.25) is 20.0 Å². The van der Waals surface area contributed by atoms with Crippen LogP contribution in [0.1, 0.15) is 43.5 Å². The van der Waals surface area contributed by atoms with E-state index in [0.717, 1.165) is 40.9 Å². The maximum absolute atomic E-state index is 13.2. The van der Waals surface area contributed by atoms with Crippen LogP contribution < -0.4 is 0 Å². The highest BCUT2D eigenvalue weighted by Gasteiger charge is 2.32. The predicted octanol–water partition coefficient (Wildman–Crippen LogP) is 4.29. The Labute approximate surface area is 205 Å². The van der Waals surface area contributed by atoms with Gasteiger partial charge < -0.3 is 0 Å². The van der Waals surface area contributed by atoms with Crippen LogP contribution in [0.3, 0.4) is 0 Å². The Bertz CT molecular complexity index is 1340. The van der Waals surface area contributed by atoms with Crippen LogP contribution in [0, 0.1) is 5.92 Å². The maximum Gasteiger partial charge on any atom is 0.243 e. The fourth-order valence-electron chi connectivity index (χ4n) is 4.85. The largest absolute Gasteiger partial charge is 0.243 e. The van der Waals surface area contributed by atoms with Crippen molar-refractivity contribution in [3.8, 4) is 0 Å². The summed E-state index contributed by atoms with van der Waals surface area (Å²) in [6.07, 6.45) is 3.32. The summed E-state index contributed by atoms with van der Waals surface area (Å²) in [6.45, 7) is 3.92. The van der Waals surface area contributed by atoms with Crippen LogP contribution in [0.25, 0.3) is 10.2 Å². The standard InChI is InChI=1S/C24H29N3O4S3/c1-18-5-4-14-27(17-18)34(30,31)21-10-8-20(9-11-21)33(28,29)26-15-12-19(13-16-26)24-25-22-6-2-3-7-23(22)32-24/h2-3,6-11,18-19H,4-5,12-17H2,1H3/t18-/m0/s1. The van der Waals surface area contributed by atoms with Crippen molar-refractivity contribution in [3.63, 3.8) is 0 Å². The molecule has 2 aromatic carbocycles. The van der Waals surface area contributed by atoms with Crippen molar-refractivity contribution in [1.29, 1.82) is 0 Å². The Balaban J connectivity index is 1.28. The number of hydrogen-bond acceptors (Lipinski definition) is 6. The molecule has 3 aromatic rings. The predicted molar refractivity (Wildman–Crippen MR) is 134 cm³/mol. The summed E-state index contributed by atoms with van der Waals surface area (Å²) in [5, 5.41) is 1.07. The fraction of sp³-hybridized carbons (Fsp3) is 0.458. The number of thiazole rings is 1. The highest BCUT2D eigenvalue weighted by molar-refractivity contribution is 7.89. The number of benzene rings is 2. The molecule has 5 rings (SSSR count). The van der Waals surface area contributed by atoms with Gasteiger partial charge in [0.1, 0.15) is 0 Å². The molecule has 1 aromatic heterocycles. The zero-order valence-corrected chi connectivity index (χ0v) is 21.6. The van der Waals surface area contributed by atoms with Crippen molar-refractivity contribution in [3.05, 3.63) is 53.5 Å². The van der Waals surface area contributed by atoms with Crippen LogP contribution in [0.5, 0.6) is 0 Å². The van der Waals surface area contributed by atoms with Crippen molar-refractivity contribution in [2.45, 2.75) is 48.3 Å². The normalized spacial score (nSPS) is 21.7. The zero-order chi connectivity index (χ0) is 23.9. The molecule has 0 spiro atoms. The average Bonchev–Trinajstić information content (AvgIpc) is 3.29. The summed E-state index contributed by atoms with van der Waals surface area (Å²) >= 11 is 1.68. The van der Waals surface area contributed by atoms with E-state index in [2.05, 4.69) is 13.0 Å². The Hall–Kier alpha value is -1.85. The molecule has 182 valence electrons. The molecule has 1 atom stereocenters. The summed E-state index contributed by atoms with van der Waals surface area (Å²) in [4.78, 5) is 5.03. The Morgan fingerprint density at radius 2 is 1.44 bits per heavy atom. The van der Waals surface area contributed by atoms with Gasteiger partial charge in [-0.3, -0.25) is 0 Å². The number of aromatic nitrogens is 1.